The lowest BCUT2D eigenvalue weighted by atomic mass is 9.92. The summed E-state index contributed by atoms with van der Waals surface area (Å²) in [5, 5.41) is 0. The lowest BCUT2D eigenvalue weighted by Gasteiger charge is -2.22. The largest absolute Gasteiger partial charge is 0.373 e. The van der Waals surface area contributed by atoms with Crippen LogP contribution < -0.4 is 0 Å². The fourth-order valence-electron chi connectivity index (χ4n) is 0.644. The van der Waals surface area contributed by atoms with Crippen molar-refractivity contribution in [1.29, 1.82) is 0 Å². The quantitative estimate of drug-likeness (QED) is 0.626. The maximum absolute atomic E-state index is 11.3. The number of ether oxygens (including phenoxy) is 1. The monoisotopic (exact) mass is 192 g/mol. The van der Waals surface area contributed by atoms with Gasteiger partial charge in [-0.2, -0.15) is 0 Å². The summed E-state index contributed by atoms with van der Waals surface area (Å²) >= 11 is 0. The molecular weight excluding hydrogens is 171 g/mol. The Labute approximate surface area is 76.1 Å². The van der Waals surface area contributed by atoms with E-state index >= 15 is 0 Å². The van der Waals surface area contributed by atoms with Crippen LogP contribution in [-0.2, 0) is 9.30 Å². The van der Waals surface area contributed by atoms with Crippen molar-refractivity contribution >= 4 is 7.14 Å². The third kappa shape index (κ3) is 6.87. The zero-order valence-corrected chi connectivity index (χ0v) is 9.78. The van der Waals surface area contributed by atoms with E-state index < -0.39 is 7.14 Å². The Morgan fingerprint density at radius 3 is 2.17 bits per heavy atom. The van der Waals surface area contributed by atoms with E-state index in [9.17, 15) is 4.57 Å². The van der Waals surface area contributed by atoms with Crippen LogP contribution in [0.15, 0.2) is 0 Å². The van der Waals surface area contributed by atoms with Crippen LogP contribution in [0.5, 0.6) is 0 Å². The maximum Gasteiger partial charge on any atom is 0.106 e. The van der Waals surface area contributed by atoms with Crippen molar-refractivity contribution in [1.82, 2.24) is 0 Å². The van der Waals surface area contributed by atoms with E-state index in [1.165, 1.54) is 0 Å². The third-order valence-corrected chi connectivity index (χ3v) is 2.66. The summed E-state index contributed by atoms with van der Waals surface area (Å²) < 4.78 is 16.7. The summed E-state index contributed by atoms with van der Waals surface area (Å²) in [5.41, 5.74) is 0.217. The Kier molecular flexibility index (Phi) is 4.50. The summed E-state index contributed by atoms with van der Waals surface area (Å²) in [4.78, 5) is 0. The standard InChI is InChI=1S/C9H21O2P/c1-6-9(2,3)7-11-8-12(4,5)10/h6-8H2,1-5H3. The van der Waals surface area contributed by atoms with Crippen LogP contribution in [0.3, 0.4) is 0 Å². The minimum absolute atomic E-state index is 0.217. The summed E-state index contributed by atoms with van der Waals surface area (Å²) in [5.74, 6) is 0. The Morgan fingerprint density at radius 1 is 1.33 bits per heavy atom. The second kappa shape index (κ2) is 4.43. The highest BCUT2D eigenvalue weighted by Gasteiger charge is 2.16. The molecule has 0 saturated heterocycles. The Balaban J connectivity index is 3.64. The van der Waals surface area contributed by atoms with Crippen molar-refractivity contribution in [2.24, 2.45) is 5.41 Å². The average Bonchev–Trinajstić information content (AvgIpc) is 1.84. The molecule has 0 aromatic carbocycles. The second-order valence-corrected chi connectivity index (χ2v) is 7.98. The molecule has 0 rings (SSSR count). The normalized spacial score (nSPS) is 13.4. The maximum atomic E-state index is 11.3. The van der Waals surface area contributed by atoms with Crippen molar-refractivity contribution in [2.45, 2.75) is 27.2 Å². The first-order valence-corrected chi connectivity index (χ1v) is 7.17. The van der Waals surface area contributed by atoms with Gasteiger partial charge in [0.25, 0.3) is 0 Å². The van der Waals surface area contributed by atoms with Crippen LogP contribution in [-0.4, -0.2) is 26.3 Å². The van der Waals surface area contributed by atoms with Crippen LogP contribution in [0, 0.1) is 5.41 Å². The Morgan fingerprint density at radius 2 is 1.83 bits per heavy atom. The van der Waals surface area contributed by atoms with Gasteiger partial charge in [-0.25, -0.2) is 0 Å². The lowest BCUT2D eigenvalue weighted by molar-refractivity contribution is 0.0880. The average molecular weight is 192 g/mol. The van der Waals surface area contributed by atoms with E-state index in [0.29, 0.717) is 13.0 Å². The van der Waals surface area contributed by atoms with Gasteiger partial charge < -0.3 is 9.30 Å². The van der Waals surface area contributed by atoms with Crippen LogP contribution >= 0.6 is 7.14 Å². The van der Waals surface area contributed by atoms with Crippen molar-refractivity contribution in [3.8, 4) is 0 Å². The van der Waals surface area contributed by atoms with E-state index in [0.717, 1.165) is 6.42 Å². The molecule has 0 aliphatic rings. The molecule has 12 heavy (non-hydrogen) atoms. The van der Waals surface area contributed by atoms with Gasteiger partial charge in [-0.3, -0.25) is 0 Å². The first kappa shape index (κ1) is 12.2. The number of rotatable bonds is 5. The van der Waals surface area contributed by atoms with E-state index in [1.54, 1.807) is 13.3 Å². The molecule has 0 aliphatic carbocycles. The highest BCUT2D eigenvalue weighted by atomic mass is 31.2. The second-order valence-electron chi connectivity index (χ2n) is 4.57. The Hall–Kier alpha value is 0.190. The molecule has 0 aliphatic heterocycles. The van der Waals surface area contributed by atoms with Gasteiger partial charge in [0.15, 0.2) is 0 Å². The van der Waals surface area contributed by atoms with Gasteiger partial charge in [-0.15, -0.1) is 0 Å². The third-order valence-electron chi connectivity index (χ3n) is 1.85. The molecule has 0 atom stereocenters. The van der Waals surface area contributed by atoms with Gasteiger partial charge in [0.2, 0.25) is 0 Å². The Bertz CT molecular complexity index is 169. The smallest absolute Gasteiger partial charge is 0.106 e. The van der Waals surface area contributed by atoms with E-state index in [-0.39, 0.29) is 5.41 Å². The predicted octanol–water partition coefficient (Wildman–Crippen LogP) is 3.02. The first-order valence-electron chi connectivity index (χ1n) is 4.38. The summed E-state index contributed by atoms with van der Waals surface area (Å²) in [6, 6.07) is 0. The van der Waals surface area contributed by atoms with E-state index in [2.05, 4.69) is 20.8 Å². The van der Waals surface area contributed by atoms with Crippen molar-refractivity contribution < 1.29 is 9.30 Å². The number of hydrogen-bond donors (Lipinski definition) is 0. The molecule has 0 fully saturated rings. The van der Waals surface area contributed by atoms with Gasteiger partial charge in [0, 0.05) is 0 Å². The van der Waals surface area contributed by atoms with Crippen molar-refractivity contribution in [3.05, 3.63) is 0 Å². The van der Waals surface area contributed by atoms with E-state index in [1.807, 2.05) is 0 Å². The molecule has 3 heteroatoms. The minimum atomic E-state index is -1.98. The molecule has 0 spiro atoms. The molecular formula is C9H21O2P. The van der Waals surface area contributed by atoms with Crippen LogP contribution in [0.25, 0.3) is 0 Å². The van der Waals surface area contributed by atoms with E-state index in [4.69, 9.17) is 4.74 Å². The fourth-order valence-corrected chi connectivity index (χ4v) is 1.17. The van der Waals surface area contributed by atoms with Gasteiger partial charge in [-0.05, 0) is 25.2 Å². The molecule has 2 nitrogen and oxygen atoms in total. The van der Waals surface area contributed by atoms with Gasteiger partial charge in [-0.1, -0.05) is 20.8 Å². The first-order chi connectivity index (χ1) is 5.27. The fraction of sp³-hybridized carbons (Fsp3) is 1.00. The van der Waals surface area contributed by atoms with Gasteiger partial charge >= 0.3 is 0 Å². The molecule has 0 heterocycles. The number of hydrogen-bond acceptors (Lipinski definition) is 2. The molecule has 0 aromatic heterocycles. The molecule has 0 N–H and O–H groups in total. The molecule has 0 aromatic rings. The highest BCUT2D eigenvalue weighted by molar-refractivity contribution is 7.62. The molecule has 0 saturated carbocycles. The molecule has 0 unspecified atom stereocenters. The zero-order chi connectivity index (χ0) is 9.83. The van der Waals surface area contributed by atoms with Crippen LogP contribution in [0.1, 0.15) is 27.2 Å². The van der Waals surface area contributed by atoms with Crippen LogP contribution in [0.2, 0.25) is 0 Å². The molecule has 0 bridgehead atoms. The topological polar surface area (TPSA) is 26.3 Å². The van der Waals surface area contributed by atoms with Crippen LogP contribution in [0.4, 0.5) is 0 Å². The van der Waals surface area contributed by atoms with Crippen molar-refractivity contribution in [3.63, 3.8) is 0 Å². The minimum Gasteiger partial charge on any atom is -0.373 e. The summed E-state index contributed by atoms with van der Waals surface area (Å²) in [6.07, 6.45) is 1.50. The zero-order valence-electron chi connectivity index (χ0n) is 8.89. The van der Waals surface area contributed by atoms with Crippen molar-refractivity contribution in [2.75, 3.05) is 26.3 Å². The lowest BCUT2D eigenvalue weighted by Crippen LogP contribution is -2.18. The SMILES string of the molecule is CCC(C)(C)COCP(C)(C)=O. The predicted molar refractivity (Wildman–Crippen MR) is 54.3 cm³/mol. The molecule has 0 amide bonds. The molecule has 74 valence electrons. The highest BCUT2D eigenvalue weighted by Crippen LogP contribution is 2.36. The summed E-state index contributed by atoms with van der Waals surface area (Å²) in [7, 11) is -1.98. The van der Waals surface area contributed by atoms with Gasteiger partial charge in [0.05, 0.1) is 13.0 Å². The molecule has 0 radical (unpaired) electrons. The van der Waals surface area contributed by atoms with Gasteiger partial charge in [0.1, 0.15) is 7.14 Å². The summed E-state index contributed by atoms with van der Waals surface area (Å²) in [6.45, 7) is 10.7.